The number of carbonyl (C=O) groups excluding carboxylic acids is 1. The largest absolute Gasteiger partial charge is 0.497 e. The van der Waals surface area contributed by atoms with E-state index in [1.165, 1.54) is 0 Å². The molecule has 1 heterocycles. The SMILES string of the molecule is COc1ccc2cc([C@H](C)C(=O)N[C@@H]3CCOc4ccccc43)ccc2c1. The van der Waals surface area contributed by atoms with Crippen molar-refractivity contribution in [1.82, 2.24) is 5.32 Å². The number of para-hydroxylation sites is 1. The molecule has 0 spiro atoms. The third-order valence-corrected chi connectivity index (χ3v) is 5.24. The van der Waals surface area contributed by atoms with Gasteiger partial charge in [0, 0.05) is 12.0 Å². The predicted molar refractivity (Wildman–Crippen MR) is 106 cm³/mol. The van der Waals surface area contributed by atoms with Crippen LogP contribution in [0.25, 0.3) is 10.8 Å². The van der Waals surface area contributed by atoms with E-state index in [1.807, 2.05) is 61.5 Å². The minimum absolute atomic E-state index is 0.00498. The quantitative estimate of drug-likeness (QED) is 0.739. The minimum atomic E-state index is -0.230. The van der Waals surface area contributed by atoms with Gasteiger partial charge < -0.3 is 14.8 Å². The number of nitrogens with one attached hydrogen (secondary N) is 1. The van der Waals surface area contributed by atoms with Crippen LogP contribution in [0.4, 0.5) is 0 Å². The van der Waals surface area contributed by atoms with Gasteiger partial charge in [0.25, 0.3) is 0 Å². The standard InChI is InChI=1S/C23H23NO3/c1-15(16-7-8-18-14-19(26-2)10-9-17(18)13-16)23(25)24-21-11-12-27-22-6-4-3-5-20(21)22/h3-10,13-15,21H,11-12H2,1-2H3,(H,24,25)/t15-,21+/m0/s1. The molecule has 0 saturated heterocycles. The summed E-state index contributed by atoms with van der Waals surface area (Å²) in [6.45, 7) is 2.57. The second-order valence-corrected chi connectivity index (χ2v) is 6.93. The molecule has 0 radical (unpaired) electrons. The zero-order valence-electron chi connectivity index (χ0n) is 15.6. The van der Waals surface area contributed by atoms with Crippen molar-refractivity contribution in [3.8, 4) is 11.5 Å². The molecule has 0 fully saturated rings. The molecule has 4 nitrogen and oxygen atoms in total. The van der Waals surface area contributed by atoms with Crippen molar-refractivity contribution in [1.29, 1.82) is 0 Å². The van der Waals surface area contributed by atoms with Crippen LogP contribution in [0.1, 0.15) is 36.4 Å². The fourth-order valence-corrected chi connectivity index (χ4v) is 3.58. The molecule has 1 aliphatic rings. The molecule has 1 amide bonds. The maximum Gasteiger partial charge on any atom is 0.227 e. The Morgan fingerprint density at radius 2 is 1.89 bits per heavy atom. The van der Waals surface area contributed by atoms with Gasteiger partial charge in [-0.1, -0.05) is 42.5 Å². The number of hydrogen-bond acceptors (Lipinski definition) is 3. The van der Waals surface area contributed by atoms with Crippen LogP contribution in [0.5, 0.6) is 11.5 Å². The van der Waals surface area contributed by atoms with Gasteiger partial charge in [-0.05, 0) is 41.5 Å². The summed E-state index contributed by atoms with van der Waals surface area (Å²) >= 11 is 0. The molecule has 0 bridgehead atoms. The van der Waals surface area contributed by atoms with E-state index >= 15 is 0 Å². The van der Waals surface area contributed by atoms with Crippen molar-refractivity contribution >= 4 is 16.7 Å². The first-order valence-electron chi connectivity index (χ1n) is 9.25. The van der Waals surface area contributed by atoms with E-state index in [-0.39, 0.29) is 17.9 Å². The Labute approximate surface area is 159 Å². The number of amides is 1. The molecular formula is C23H23NO3. The summed E-state index contributed by atoms with van der Waals surface area (Å²) in [7, 11) is 1.66. The van der Waals surface area contributed by atoms with Gasteiger partial charge in [-0.3, -0.25) is 4.79 Å². The van der Waals surface area contributed by atoms with Crippen molar-refractivity contribution in [2.24, 2.45) is 0 Å². The normalized spacial score (nSPS) is 16.9. The summed E-state index contributed by atoms with van der Waals surface area (Å²) < 4.78 is 11.0. The van der Waals surface area contributed by atoms with Crippen molar-refractivity contribution in [2.45, 2.75) is 25.3 Å². The Bertz CT molecular complexity index is 982. The number of carbonyl (C=O) groups is 1. The molecule has 0 unspecified atom stereocenters. The van der Waals surface area contributed by atoms with Crippen LogP contribution in [0.2, 0.25) is 0 Å². The van der Waals surface area contributed by atoms with E-state index < -0.39 is 0 Å². The maximum absolute atomic E-state index is 12.9. The summed E-state index contributed by atoms with van der Waals surface area (Å²) in [5, 5.41) is 5.40. The summed E-state index contributed by atoms with van der Waals surface area (Å²) in [5.41, 5.74) is 2.06. The van der Waals surface area contributed by atoms with Gasteiger partial charge in [0.15, 0.2) is 0 Å². The van der Waals surface area contributed by atoms with Gasteiger partial charge >= 0.3 is 0 Å². The highest BCUT2D eigenvalue weighted by Crippen LogP contribution is 2.32. The smallest absolute Gasteiger partial charge is 0.227 e. The fourth-order valence-electron chi connectivity index (χ4n) is 3.58. The lowest BCUT2D eigenvalue weighted by Gasteiger charge is -2.27. The first-order chi connectivity index (χ1) is 13.2. The van der Waals surface area contributed by atoms with Gasteiger partial charge in [0.2, 0.25) is 5.91 Å². The monoisotopic (exact) mass is 361 g/mol. The van der Waals surface area contributed by atoms with Crippen LogP contribution in [0.15, 0.2) is 60.7 Å². The summed E-state index contributed by atoms with van der Waals surface area (Å²) in [6, 6.07) is 20.0. The molecule has 0 aromatic heterocycles. The second-order valence-electron chi connectivity index (χ2n) is 6.93. The number of ether oxygens (including phenoxy) is 2. The summed E-state index contributed by atoms with van der Waals surface area (Å²) in [6.07, 6.45) is 0.785. The predicted octanol–water partition coefficient (Wildman–Crippen LogP) is 4.59. The third kappa shape index (κ3) is 3.47. The molecule has 0 aliphatic carbocycles. The lowest BCUT2D eigenvalue weighted by molar-refractivity contribution is -0.123. The molecule has 4 rings (SSSR count). The number of methoxy groups -OCH3 is 1. The van der Waals surface area contributed by atoms with E-state index in [9.17, 15) is 4.79 Å². The molecule has 3 aromatic carbocycles. The van der Waals surface area contributed by atoms with E-state index in [4.69, 9.17) is 9.47 Å². The second kappa shape index (κ2) is 7.31. The maximum atomic E-state index is 12.9. The van der Waals surface area contributed by atoms with Crippen LogP contribution in [-0.4, -0.2) is 19.6 Å². The molecule has 4 heteroatoms. The molecule has 1 N–H and O–H groups in total. The van der Waals surface area contributed by atoms with Crippen molar-refractivity contribution in [3.05, 3.63) is 71.8 Å². The first kappa shape index (κ1) is 17.4. The van der Waals surface area contributed by atoms with Crippen LogP contribution in [0.3, 0.4) is 0 Å². The topological polar surface area (TPSA) is 47.6 Å². The Morgan fingerprint density at radius 1 is 1.11 bits per heavy atom. The van der Waals surface area contributed by atoms with Gasteiger partial charge in [-0.15, -0.1) is 0 Å². The highest BCUT2D eigenvalue weighted by atomic mass is 16.5. The third-order valence-electron chi connectivity index (χ3n) is 5.24. The molecule has 1 aliphatic heterocycles. The average molecular weight is 361 g/mol. The first-order valence-corrected chi connectivity index (χ1v) is 9.25. The molecule has 3 aromatic rings. The van der Waals surface area contributed by atoms with Gasteiger partial charge in [0.05, 0.1) is 25.7 Å². The molecule has 0 saturated carbocycles. The van der Waals surface area contributed by atoms with E-state index in [0.29, 0.717) is 6.61 Å². The van der Waals surface area contributed by atoms with Crippen molar-refractivity contribution in [3.63, 3.8) is 0 Å². The zero-order chi connectivity index (χ0) is 18.8. The number of benzene rings is 3. The average Bonchev–Trinajstić information content (AvgIpc) is 2.72. The Morgan fingerprint density at radius 3 is 2.74 bits per heavy atom. The highest BCUT2D eigenvalue weighted by Gasteiger charge is 2.25. The summed E-state index contributed by atoms with van der Waals surface area (Å²) in [4.78, 5) is 12.9. The highest BCUT2D eigenvalue weighted by molar-refractivity contribution is 5.88. The Balaban J connectivity index is 1.53. The molecule has 138 valence electrons. The lowest BCUT2D eigenvalue weighted by Crippen LogP contribution is -2.34. The Kier molecular flexibility index (Phi) is 4.71. The van der Waals surface area contributed by atoms with Crippen LogP contribution >= 0.6 is 0 Å². The number of hydrogen-bond donors (Lipinski definition) is 1. The van der Waals surface area contributed by atoms with Crippen LogP contribution in [0, 0.1) is 0 Å². The van der Waals surface area contributed by atoms with Crippen molar-refractivity contribution in [2.75, 3.05) is 13.7 Å². The number of fused-ring (bicyclic) bond motifs is 2. The van der Waals surface area contributed by atoms with Crippen molar-refractivity contribution < 1.29 is 14.3 Å². The zero-order valence-corrected chi connectivity index (χ0v) is 15.6. The molecule has 2 atom stereocenters. The van der Waals surface area contributed by atoms with E-state index in [2.05, 4.69) is 11.4 Å². The van der Waals surface area contributed by atoms with Crippen LogP contribution < -0.4 is 14.8 Å². The van der Waals surface area contributed by atoms with E-state index in [0.717, 1.165) is 39.8 Å². The van der Waals surface area contributed by atoms with Gasteiger partial charge in [-0.2, -0.15) is 0 Å². The summed E-state index contributed by atoms with van der Waals surface area (Å²) in [5.74, 6) is 1.50. The van der Waals surface area contributed by atoms with Gasteiger partial charge in [0.1, 0.15) is 11.5 Å². The molecular weight excluding hydrogens is 338 g/mol. The Hall–Kier alpha value is -3.01. The molecule has 27 heavy (non-hydrogen) atoms. The van der Waals surface area contributed by atoms with Crippen LogP contribution in [-0.2, 0) is 4.79 Å². The number of rotatable bonds is 4. The minimum Gasteiger partial charge on any atom is -0.497 e. The van der Waals surface area contributed by atoms with Gasteiger partial charge in [-0.25, -0.2) is 0 Å². The fraction of sp³-hybridized carbons (Fsp3) is 0.261. The lowest BCUT2D eigenvalue weighted by atomic mass is 9.95. The van der Waals surface area contributed by atoms with E-state index in [1.54, 1.807) is 7.11 Å².